The molecule has 0 fully saturated rings. The number of amides is 1. The Morgan fingerprint density at radius 3 is 2.54 bits per heavy atom. The molecule has 1 atom stereocenters. The van der Waals surface area contributed by atoms with Crippen molar-refractivity contribution in [1.82, 2.24) is 14.8 Å². The van der Waals surface area contributed by atoms with Crippen molar-refractivity contribution in [2.24, 2.45) is 0 Å². The molecule has 1 amide bonds. The maximum absolute atomic E-state index is 12.2. The minimum Gasteiger partial charge on any atom is -0.497 e. The van der Waals surface area contributed by atoms with Crippen LogP contribution in [0.2, 0.25) is 0 Å². The van der Waals surface area contributed by atoms with E-state index in [0.717, 1.165) is 16.9 Å². The first-order valence-electron chi connectivity index (χ1n) is 8.14. The number of ether oxygens (including phenoxy) is 1. The Labute approximate surface area is 151 Å². The molecular weight excluding hydrogens is 332 g/mol. The van der Waals surface area contributed by atoms with Crippen LogP contribution in [0.25, 0.3) is 0 Å². The predicted octanol–water partition coefficient (Wildman–Crippen LogP) is 2.58. The number of aliphatic hydroxyl groups excluding tert-OH is 1. The number of nitrogens with zero attached hydrogens (tertiary/aromatic N) is 3. The molecule has 2 aromatic carbocycles. The highest BCUT2D eigenvalue weighted by Crippen LogP contribution is 2.18. The van der Waals surface area contributed by atoms with Crippen molar-refractivity contribution >= 4 is 11.6 Å². The van der Waals surface area contributed by atoms with E-state index in [1.54, 1.807) is 31.4 Å². The van der Waals surface area contributed by atoms with E-state index in [9.17, 15) is 9.90 Å². The van der Waals surface area contributed by atoms with Gasteiger partial charge in [0.25, 0.3) is 5.91 Å². The molecule has 3 rings (SSSR count). The fraction of sp³-hybridized carbons (Fsp3) is 0.211. The number of hydrogen-bond acceptors (Lipinski definition) is 5. The SMILES string of the molecule is COc1ccc(C(O)Cn2cnc(C(=O)Nc3ccc(C)cc3)n2)cc1. The average molecular weight is 352 g/mol. The van der Waals surface area contributed by atoms with E-state index in [2.05, 4.69) is 15.4 Å². The molecule has 7 heteroatoms. The van der Waals surface area contributed by atoms with Gasteiger partial charge < -0.3 is 15.2 Å². The van der Waals surface area contributed by atoms with Crippen molar-refractivity contribution < 1.29 is 14.6 Å². The van der Waals surface area contributed by atoms with Crippen LogP contribution in [0.4, 0.5) is 5.69 Å². The molecule has 26 heavy (non-hydrogen) atoms. The maximum Gasteiger partial charge on any atom is 0.295 e. The van der Waals surface area contributed by atoms with E-state index < -0.39 is 12.0 Å². The summed E-state index contributed by atoms with van der Waals surface area (Å²) in [6.07, 6.45) is 0.659. The second-order valence-corrected chi connectivity index (χ2v) is 5.90. The zero-order valence-electron chi connectivity index (χ0n) is 14.6. The summed E-state index contributed by atoms with van der Waals surface area (Å²) in [6, 6.07) is 14.6. The third-order valence-electron chi connectivity index (χ3n) is 3.91. The van der Waals surface area contributed by atoms with Crippen LogP contribution >= 0.6 is 0 Å². The van der Waals surface area contributed by atoms with Crippen LogP contribution in [0, 0.1) is 6.92 Å². The second-order valence-electron chi connectivity index (χ2n) is 5.90. The summed E-state index contributed by atoms with van der Waals surface area (Å²) in [5.74, 6) is 0.371. The summed E-state index contributed by atoms with van der Waals surface area (Å²) in [4.78, 5) is 16.2. The molecular formula is C19H20N4O3. The van der Waals surface area contributed by atoms with Crippen molar-refractivity contribution in [1.29, 1.82) is 0 Å². The lowest BCUT2D eigenvalue weighted by Crippen LogP contribution is -2.15. The Kier molecular flexibility index (Phi) is 5.28. The minimum atomic E-state index is -0.768. The fourth-order valence-corrected chi connectivity index (χ4v) is 2.42. The summed E-state index contributed by atoms with van der Waals surface area (Å²) in [5.41, 5.74) is 2.51. The van der Waals surface area contributed by atoms with Crippen LogP contribution in [0.15, 0.2) is 54.9 Å². The Morgan fingerprint density at radius 2 is 1.88 bits per heavy atom. The lowest BCUT2D eigenvalue weighted by molar-refractivity contribution is 0.101. The van der Waals surface area contributed by atoms with E-state index in [1.807, 2.05) is 31.2 Å². The molecule has 3 aromatic rings. The topological polar surface area (TPSA) is 89.3 Å². The summed E-state index contributed by atoms with van der Waals surface area (Å²) in [6.45, 7) is 2.17. The quantitative estimate of drug-likeness (QED) is 0.712. The molecule has 7 nitrogen and oxygen atoms in total. The molecule has 1 unspecified atom stereocenters. The van der Waals surface area contributed by atoms with Gasteiger partial charge in [0.2, 0.25) is 5.82 Å². The van der Waals surface area contributed by atoms with Gasteiger partial charge in [0.1, 0.15) is 12.1 Å². The lowest BCUT2D eigenvalue weighted by Gasteiger charge is -2.11. The van der Waals surface area contributed by atoms with Crippen LogP contribution in [-0.4, -0.2) is 32.9 Å². The number of anilines is 1. The molecule has 1 heterocycles. The zero-order valence-corrected chi connectivity index (χ0v) is 14.6. The monoisotopic (exact) mass is 352 g/mol. The molecule has 0 spiro atoms. The molecule has 0 aliphatic carbocycles. The number of aliphatic hydroxyl groups is 1. The third kappa shape index (κ3) is 4.25. The first kappa shape index (κ1) is 17.6. The van der Waals surface area contributed by atoms with Crippen LogP contribution in [0.1, 0.15) is 27.8 Å². The number of methoxy groups -OCH3 is 1. The number of carbonyl (C=O) groups excluding carboxylic acids is 1. The minimum absolute atomic E-state index is 0.0486. The number of benzene rings is 2. The fourth-order valence-electron chi connectivity index (χ4n) is 2.42. The van der Waals surface area contributed by atoms with Crippen molar-refractivity contribution in [3.05, 3.63) is 71.8 Å². The van der Waals surface area contributed by atoms with Gasteiger partial charge in [0.15, 0.2) is 0 Å². The molecule has 2 N–H and O–H groups in total. The number of rotatable bonds is 6. The lowest BCUT2D eigenvalue weighted by atomic mass is 10.1. The van der Waals surface area contributed by atoms with Gasteiger partial charge in [-0.2, -0.15) is 0 Å². The summed E-state index contributed by atoms with van der Waals surface area (Å²) in [7, 11) is 1.59. The third-order valence-corrected chi connectivity index (χ3v) is 3.91. The van der Waals surface area contributed by atoms with E-state index in [4.69, 9.17) is 4.74 Å². The van der Waals surface area contributed by atoms with Crippen LogP contribution in [0.5, 0.6) is 5.75 Å². The van der Waals surface area contributed by atoms with Gasteiger partial charge in [-0.25, -0.2) is 9.67 Å². The molecule has 0 radical (unpaired) electrons. The number of aryl methyl sites for hydroxylation is 1. The molecule has 1 aromatic heterocycles. The molecule has 0 saturated heterocycles. The van der Waals surface area contributed by atoms with Crippen molar-refractivity contribution in [2.75, 3.05) is 12.4 Å². The Balaban J connectivity index is 1.63. The Hall–Kier alpha value is -3.19. The number of hydrogen-bond donors (Lipinski definition) is 2. The number of carbonyl (C=O) groups is 1. The molecule has 0 aliphatic heterocycles. The normalized spacial score (nSPS) is 11.8. The largest absolute Gasteiger partial charge is 0.497 e. The molecule has 134 valence electrons. The zero-order chi connectivity index (χ0) is 18.5. The van der Waals surface area contributed by atoms with Gasteiger partial charge in [-0.05, 0) is 36.8 Å². The summed E-state index contributed by atoms with van der Waals surface area (Å²) >= 11 is 0. The van der Waals surface area contributed by atoms with Gasteiger partial charge in [0.05, 0.1) is 19.8 Å². The number of aromatic nitrogens is 3. The van der Waals surface area contributed by atoms with Crippen LogP contribution in [-0.2, 0) is 6.54 Å². The Bertz CT molecular complexity index is 873. The summed E-state index contributed by atoms with van der Waals surface area (Å²) in [5, 5.41) is 17.2. The van der Waals surface area contributed by atoms with Gasteiger partial charge in [-0.1, -0.05) is 29.8 Å². The van der Waals surface area contributed by atoms with Gasteiger partial charge in [-0.3, -0.25) is 4.79 Å². The highest BCUT2D eigenvalue weighted by molar-refractivity contribution is 6.01. The average Bonchev–Trinajstić information content (AvgIpc) is 3.12. The van der Waals surface area contributed by atoms with E-state index >= 15 is 0 Å². The highest BCUT2D eigenvalue weighted by Gasteiger charge is 2.14. The Morgan fingerprint density at radius 1 is 1.19 bits per heavy atom. The van der Waals surface area contributed by atoms with Gasteiger partial charge in [-0.15, -0.1) is 5.10 Å². The smallest absolute Gasteiger partial charge is 0.295 e. The molecule has 0 saturated carbocycles. The summed E-state index contributed by atoms with van der Waals surface area (Å²) < 4.78 is 6.54. The van der Waals surface area contributed by atoms with E-state index in [-0.39, 0.29) is 12.4 Å². The van der Waals surface area contributed by atoms with Crippen molar-refractivity contribution in [3.63, 3.8) is 0 Å². The van der Waals surface area contributed by atoms with E-state index in [1.165, 1.54) is 11.0 Å². The first-order chi connectivity index (χ1) is 12.5. The highest BCUT2D eigenvalue weighted by atomic mass is 16.5. The second kappa shape index (κ2) is 7.79. The maximum atomic E-state index is 12.2. The molecule has 0 bridgehead atoms. The van der Waals surface area contributed by atoms with Crippen LogP contribution < -0.4 is 10.1 Å². The van der Waals surface area contributed by atoms with Gasteiger partial charge in [0, 0.05) is 5.69 Å². The van der Waals surface area contributed by atoms with E-state index in [0.29, 0.717) is 5.69 Å². The first-order valence-corrected chi connectivity index (χ1v) is 8.14. The van der Waals surface area contributed by atoms with Gasteiger partial charge >= 0.3 is 0 Å². The predicted molar refractivity (Wildman–Crippen MR) is 97.1 cm³/mol. The van der Waals surface area contributed by atoms with Crippen LogP contribution in [0.3, 0.4) is 0 Å². The standard InChI is InChI=1S/C19H20N4O3/c1-13-3-7-15(8-4-13)21-19(25)18-20-12-23(22-18)11-17(24)14-5-9-16(26-2)10-6-14/h3-10,12,17,24H,11H2,1-2H3,(H,21,25). The van der Waals surface area contributed by atoms with Crippen molar-refractivity contribution in [3.8, 4) is 5.75 Å². The molecule has 0 aliphatic rings. The number of nitrogens with one attached hydrogen (secondary N) is 1. The van der Waals surface area contributed by atoms with Crippen molar-refractivity contribution in [2.45, 2.75) is 19.6 Å².